The molecule has 1 unspecified atom stereocenters. The van der Waals surface area contributed by atoms with Crippen molar-refractivity contribution >= 4 is 17.2 Å². The molecule has 3 aromatic heterocycles. The molecule has 0 radical (unpaired) electrons. The van der Waals surface area contributed by atoms with Gasteiger partial charge in [0.25, 0.3) is 0 Å². The lowest BCUT2D eigenvalue weighted by Gasteiger charge is -2.23. The molecular weight excluding hydrogens is 438 g/mol. The number of amides is 1. The summed E-state index contributed by atoms with van der Waals surface area (Å²) >= 11 is 0. The molecule has 0 aliphatic carbocycles. The number of carbonyl (C=O) groups excluding carboxylic acids is 1. The summed E-state index contributed by atoms with van der Waals surface area (Å²) in [7, 11) is 0. The van der Waals surface area contributed by atoms with E-state index in [1.807, 2.05) is 17.1 Å². The van der Waals surface area contributed by atoms with Crippen LogP contribution in [0.25, 0.3) is 33.3 Å². The number of carbonyl (C=O) groups is 1. The number of H-pyrrole nitrogens is 1. The minimum Gasteiger partial charge on any atom is -0.340 e. The van der Waals surface area contributed by atoms with Crippen LogP contribution in [0.4, 0.5) is 0 Å². The first-order valence-corrected chi connectivity index (χ1v) is 12.5. The molecule has 5 rings (SSSR count). The molecule has 0 saturated heterocycles. The molecule has 8 heteroatoms. The zero-order valence-corrected chi connectivity index (χ0v) is 20.5. The molecule has 182 valence electrons. The minimum atomic E-state index is 0.583. The van der Waals surface area contributed by atoms with E-state index in [4.69, 9.17) is 4.98 Å². The first-order chi connectivity index (χ1) is 17.2. The smallest absolute Gasteiger partial charge is 0.210 e. The van der Waals surface area contributed by atoms with Crippen molar-refractivity contribution in [3.63, 3.8) is 0 Å². The van der Waals surface area contributed by atoms with Crippen LogP contribution >= 0.6 is 0 Å². The standard InChI is InChI=1S/C27H33N7O/c1-3-28-10-7-19(2)8-12-34-16-21(14-30-34)26-13-20-5-4-6-22(23(20)15-29-26)27-24-17-33(18-35)11-9-25(24)31-32-27/h4-6,13-16,18-19,28H,3,7-12,17H2,1-2H3,(H,31,32). The minimum absolute atomic E-state index is 0.583. The fourth-order valence-corrected chi connectivity index (χ4v) is 4.81. The monoisotopic (exact) mass is 471 g/mol. The van der Waals surface area contributed by atoms with Gasteiger partial charge in [0.05, 0.1) is 17.6 Å². The Morgan fingerprint density at radius 3 is 3.03 bits per heavy atom. The van der Waals surface area contributed by atoms with Crippen molar-refractivity contribution in [1.29, 1.82) is 0 Å². The number of fused-ring (bicyclic) bond motifs is 2. The van der Waals surface area contributed by atoms with Crippen molar-refractivity contribution in [2.45, 2.75) is 46.2 Å². The van der Waals surface area contributed by atoms with E-state index in [2.05, 4.69) is 64.9 Å². The molecule has 35 heavy (non-hydrogen) atoms. The summed E-state index contributed by atoms with van der Waals surface area (Å²) in [5.74, 6) is 0.658. The highest BCUT2D eigenvalue weighted by Crippen LogP contribution is 2.34. The lowest BCUT2D eigenvalue weighted by molar-refractivity contribution is -0.118. The number of nitrogens with one attached hydrogen (secondary N) is 2. The van der Waals surface area contributed by atoms with E-state index < -0.39 is 0 Å². The Balaban J connectivity index is 1.35. The summed E-state index contributed by atoms with van der Waals surface area (Å²) in [5, 5.41) is 17.9. The SMILES string of the molecule is CCNCCC(C)CCn1cc(-c2cc3cccc(-c4n[nH]c5c4CN(C=O)CC5)c3cn2)cn1. The predicted molar refractivity (Wildman–Crippen MR) is 138 cm³/mol. The van der Waals surface area contributed by atoms with Gasteiger partial charge in [-0.15, -0.1) is 0 Å². The van der Waals surface area contributed by atoms with E-state index in [0.717, 1.165) is 90.0 Å². The number of aromatic amines is 1. The van der Waals surface area contributed by atoms with Gasteiger partial charge in [0.2, 0.25) is 6.41 Å². The molecule has 0 bridgehead atoms. The molecule has 4 aromatic rings. The number of hydrogen-bond donors (Lipinski definition) is 2. The molecule has 1 aliphatic rings. The van der Waals surface area contributed by atoms with Crippen molar-refractivity contribution < 1.29 is 4.79 Å². The van der Waals surface area contributed by atoms with Crippen LogP contribution in [0.2, 0.25) is 0 Å². The Morgan fingerprint density at radius 2 is 2.17 bits per heavy atom. The van der Waals surface area contributed by atoms with Gasteiger partial charge in [-0.2, -0.15) is 10.2 Å². The summed E-state index contributed by atoms with van der Waals surface area (Å²) in [6.07, 6.45) is 9.93. The highest BCUT2D eigenvalue weighted by atomic mass is 16.1. The Labute approximate surface area is 205 Å². The number of aromatic nitrogens is 5. The van der Waals surface area contributed by atoms with Gasteiger partial charge in [-0.25, -0.2) is 0 Å². The largest absolute Gasteiger partial charge is 0.340 e. The van der Waals surface area contributed by atoms with E-state index in [-0.39, 0.29) is 0 Å². The average Bonchev–Trinajstić information content (AvgIpc) is 3.54. The maximum Gasteiger partial charge on any atom is 0.210 e. The molecule has 0 fully saturated rings. The Morgan fingerprint density at radius 1 is 1.26 bits per heavy atom. The van der Waals surface area contributed by atoms with Gasteiger partial charge in [0.1, 0.15) is 0 Å². The van der Waals surface area contributed by atoms with Gasteiger partial charge in [-0.1, -0.05) is 32.0 Å². The lowest BCUT2D eigenvalue weighted by atomic mass is 9.97. The number of nitrogens with zero attached hydrogens (tertiary/aromatic N) is 5. The van der Waals surface area contributed by atoms with Crippen LogP contribution in [-0.2, 0) is 24.3 Å². The summed E-state index contributed by atoms with van der Waals surface area (Å²) < 4.78 is 2.02. The van der Waals surface area contributed by atoms with Crippen LogP contribution in [0.1, 0.15) is 37.9 Å². The third-order valence-electron chi connectivity index (χ3n) is 6.98. The van der Waals surface area contributed by atoms with Crippen LogP contribution in [0, 0.1) is 5.92 Å². The van der Waals surface area contributed by atoms with E-state index in [9.17, 15) is 4.79 Å². The third kappa shape index (κ3) is 4.98. The van der Waals surface area contributed by atoms with Gasteiger partial charge >= 0.3 is 0 Å². The second-order valence-corrected chi connectivity index (χ2v) is 9.48. The van der Waals surface area contributed by atoms with Crippen LogP contribution < -0.4 is 5.32 Å². The Hall–Kier alpha value is -3.52. The third-order valence-corrected chi connectivity index (χ3v) is 6.98. The fraction of sp³-hybridized carbons (Fsp3) is 0.407. The van der Waals surface area contributed by atoms with Crippen molar-refractivity contribution in [2.75, 3.05) is 19.6 Å². The zero-order valence-electron chi connectivity index (χ0n) is 20.5. The molecular formula is C27H33N7O. The van der Waals surface area contributed by atoms with Crippen molar-refractivity contribution in [3.05, 3.63) is 54.1 Å². The number of aryl methyl sites for hydroxylation is 1. The van der Waals surface area contributed by atoms with E-state index in [1.54, 1.807) is 4.90 Å². The van der Waals surface area contributed by atoms with Crippen molar-refractivity contribution in [1.82, 2.24) is 35.2 Å². The van der Waals surface area contributed by atoms with Gasteiger partial charge in [0.15, 0.2) is 0 Å². The van der Waals surface area contributed by atoms with Gasteiger partial charge in [-0.3, -0.25) is 19.6 Å². The maximum atomic E-state index is 11.3. The van der Waals surface area contributed by atoms with E-state index >= 15 is 0 Å². The molecule has 1 amide bonds. The molecule has 1 aliphatic heterocycles. The first kappa shape index (κ1) is 23.2. The number of hydrogen-bond acceptors (Lipinski definition) is 5. The summed E-state index contributed by atoms with van der Waals surface area (Å²) in [6.45, 7) is 8.76. The highest BCUT2D eigenvalue weighted by molar-refractivity contribution is 5.97. The second-order valence-electron chi connectivity index (χ2n) is 9.48. The van der Waals surface area contributed by atoms with Crippen LogP contribution in [-0.4, -0.2) is 55.9 Å². The van der Waals surface area contributed by atoms with E-state index in [0.29, 0.717) is 12.5 Å². The first-order valence-electron chi connectivity index (χ1n) is 12.5. The van der Waals surface area contributed by atoms with Crippen LogP contribution in [0.5, 0.6) is 0 Å². The van der Waals surface area contributed by atoms with Crippen LogP contribution in [0.3, 0.4) is 0 Å². The number of benzene rings is 1. The number of pyridine rings is 1. The highest BCUT2D eigenvalue weighted by Gasteiger charge is 2.23. The molecule has 1 atom stereocenters. The van der Waals surface area contributed by atoms with E-state index in [1.165, 1.54) is 6.42 Å². The summed E-state index contributed by atoms with van der Waals surface area (Å²) in [6, 6.07) is 8.36. The Bertz CT molecular complexity index is 1310. The van der Waals surface area contributed by atoms with Crippen molar-refractivity contribution in [2.24, 2.45) is 5.92 Å². The average molecular weight is 472 g/mol. The molecule has 4 heterocycles. The molecule has 8 nitrogen and oxygen atoms in total. The van der Waals surface area contributed by atoms with Gasteiger partial charge < -0.3 is 10.2 Å². The normalized spacial score (nSPS) is 14.3. The quantitative estimate of drug-likeness (QED) is 0.269. The van der Waals surface area contributed by atoms with Gasteiger partial charge in [0, 0.05) is 66.2 Å². The summed E-state index contributed by atoms with van der Waals surface area (Å²) in [4.78, 5) is 17.9. The molecule has 1 aromatic carbocycles. The second kappa shape index (κ2) is 10.4. The summed E-state index contributed by atoms with van der Waals surface area (Å²) in [5.41, 5.74) is 6.09. The maximum absolute atomic E-state index is 11.3. The van der Waals surface area contributed by atoms with Gasteiger partial charge in [-0.05, 0) is 43.3 Å². The molecule has 2 N–H and O–H groups in total. The fourth-order valence-electron chi connectivity index (χ4n) is 4.81. The predicted octanol–water partition coefficient (Wildman–Crippen LogP) is 4.03. The number of rotatable bonds is 10. The van der Waals surface area contributed by atoms with Crippen molar-refractivity contribution in [3.8, 4) is 22.5 Å². The molecule has 0 spiro atoms. The Kier molecular flexibility index (Phi) is 6.90. The topological polar surface area (TPSA) is 91.7 Å². The zero-order chi connectivity index (χ0) is 24.2. The molecule has 0 saturated carbocycles. The lowest BCUT2D eigenvalue weighted by Crippen LogP contribution is -2.28. The van der Waals surface area contributed by atoms with Crippen LogP contribution in [0.15, 0.2) is 42.9 Å².